The molecule has 0 spiro atoms. The molecule has 0 bridgehead atoms. The third kappa shape index (κ3) is 22.2. The Kier molecular flexibility index (Phi) is 24.7. The van der Waals surface area contributed by atoms with Crippen LogP contribution < -0.4 is 0 Å². The number of hydrogen-bond acceptors (Lipinski definition) is 4. The molecule has 0 unspecified atom stereocenters. The van der Waals surface area contributed by atoms with Crippen molar-refractivity contribution in [2.24, 2.45) is 0 Å². The van der Waals surface area contributed by atoms with Crippen LogP contribution in [-0.4, -0.2) is 36.2 Å². The van der Waals surface area contributed by atoms with Crippen molar-refractivity contribution in [1.82, 2.24) is 4.90 Å². The molecule has 0 aromatic heterocycles. The lowest BCUT2D eigenvalue weighted by molar-refractivity contribution is -0.145. The zero-order valence-corrected chi connectivity index (χ0v) is 22.4. The zero-order valence-electron chi connectivity index (χ0n) is 22.4. The highest BCUT2D eigenvalue weighted by Gasteiger charge is 2.11. The van der Waals surface area contributed by atoms with Crippen LogP contribution in [0.1, 0.15) is 142 Å². The molecule has 1 amide bonds. The molecule has 0 aliphatic heterocycles. The van der Waals surface area contributed by atoms with Gasteiger partial charge in [-0.2, -0.15) is 0 Å². The van der Waals surface area contributed by atoms with Crippen LogP contribution in [-0.2, 0) is 19.1 Å². The van der Waals surface area contributed by atoms with Crippen LogP contribution in [0.15, 0.2) is 12.3 Å². The molecular weight excluding hydrogens is 426 g/mol. The number of carbonyl (C=O) groups excluding carboxylic acids is 3. The molecule has 0 aromatic rings. The topological polar surface area (TPSA) is 63.7 Å². The summed E-state index contributed by atoms with van der Waals surface area (Å²) in [6, 6.07) is 0. The Morgan fingerprint density at radius 2 is 1.21 bits per heavy atom. The molecule has 198 valence electrons. The standard InChI is InChI=1S/C29H53NO4/c1-3-5-7-9-10-11-12-13-14-15-16-18-20-24-30(25-27-34-29(33)23-21-26-31)28(32)22-19-17-8-6-4-2/h20,24,26H,3-19,21-23,25,27H2,1-2H3/b24-20+. The fourth-order valence-electron chi connectivity index (χ4n) is 3.94. The number of rotatable bonds is 25. The summed E-state index contributed by atoms with van der Waals surface area (Å²) in [4.78, 5) is 36.3. The van der Waals surface area contributed by atoms with Crippen LogP contribution in [0.4, 0.5) is 0 Å². The van der Waals surface area contributed by atoms with Gasteiger partial charge in [0.2, 0.25) is 5.91 Å². The normalized spacial score (nSPS) is 11.1. The molecular formula is C29H53NO4. The Morgan fingerprint density at radius 3 is 1.76 bits per heavy atom. The van der Waals surface area contributed by atoms with Crippen molar-refractivity contribution >= 4 is 18.2 Å². The average molecular weight is 480 g/mol. The summed E-state index contributed by atoms with van der Waals surface area (Å²) in [6.07, 6.45) is 26.6. The number of aldehydes is 1. The van der Waals surface area contributed by atoms with Gasteiger partial charge in [0.25, 0.3) is 0 Å². The number of carbonyl (C=O) groups is 3. The van der Waals surface area contributed by atoms with Gasteiger partial charge < -0.3 is 14.4 Å². The quantitative estimate of drug-likeness (QED) is 0.0758. The Morgan fingerprint density at radius 1 is 0.676 bits per heavy atom. The zero-order chi connectivity index (χ0) is 25.1. The number of ether oxygens (including phenoxy) is 1. The highest BCUT2D eigenvalue weighted by molar-refractivity contribution is 5.77. The number of amides is 1. The molecule has 5 heteroatoms. The lowest BCUT2D eigenvalue weighted by atomic mass is 10.1. The van der Waals surface area contributed by atoms with Crippen molar-refractivity contribution < 1.29 is 19.1 Å². The lowest BCUT2D eigenvalue weighted by Gasteiger charge is -2.18. The molecule has 5 nitrogen and oxygen atoms in total. The summed E-state index contributed by atoms with van der Waals surface area (Å²) in [5, 5.41) is 0. The van der Waals surface area contributed by atoms with E-state index in [4.69, 9.17) is 4.74 Å². The monoisotopic (exact) mass is 479 g/mol. The summed E-state index contributed by atoms with van der Waals surface area (Å²) in [5.41, 5.74) is 0. The van der Waals surface area contributed by atoms with E-state index in [0.717, 1.165) is 25.7 Å². The second kappa shape index (κ2) is 26.0. The molecule has 0 saturated carbocycles. The van der Waals surface area contributed by atoms with Crippen LogP contribution in [0.2, 0.25) is 0 Å². The average Bonchev–Trinajstić information content (AvgIpc) is 2.84. The van der Waals surface area contributed by atoms with E-state index in [1.807, 2.05) is 6.20 Å². The SMILES string of the molecule is CCCCCCCCCCCCC/C=C/N(CCOC(=O)CCC=O)C(=O)CCCCCCC. The summed E-state index contributed by atoms with van der Waals surface area (Å²) in [5.74, 6) is -0.292. The molecule has 0 saturated heterocycles. The van der Waals surface area contributed by atoms with Gasteiger partial charge in [-0.25, -0.2) is 0 Å². The predicted octanol–water partition coefficient (Wildman–Crippen LogP) is 7.91. The van der Waals surface area contributed by atoms with Gasteiger partial charge in [0.15, 0.2) is 0 Å². The van der Waals surface area contributed by atoms with E-state index in [0.29, 0.717) is 19.3 Å². The maximum Gasteiger partial charge on any atom is 0.306 e. The number of unbranched alkanes of at least 4 members (excludes halogenated alkanes) is 15. The van der Waals surface area contributed by atoms with Crippen molar-refractivity contribution in [2.45, 2.75) is 142 Å². The maximum absolute atomic E-state index is 12.7. The Balaban J connectivity index is 4.14. The van der Waals surface area contributed by atoms with Crippen molar-refractivity contribution in [3.05, 3.63) is 12.3 Å². The van der Waals surface area contributed by atoms with Gasteiger partial charge in [-0.15, -0.1) is 0 Å². The first-order valence-corrected chi connectivity index (χ1v) is 14.2. The second-order valence-corrected chi connectivity index (χ2v) is 9.39. The van der Waals surface area contributed by atoms with Crippen molar-refractivity contribution in [3.8, 4) is 0 Å². The van der Waals surface area contributed by atoms with Crippen molar-refractivity contribution in [3.63, 3.8) is 0 Å². The minimum absolute atomic E-state index is 0.0932. The van der Waals surface area contributed by atoms with Gasteiger partial charge in [-0.1, -0.05) is 110 Å². The minimum atomic E-state index is -0.385. The van der Waals surface area contributed by atoms with Crippen LogP contribution in [0, 0.1) is 0 Å². The molecule has 0 aliphatic rings. The van der Waals surface area contributed by atoms with E-state index < -0.39 is 0 Å². The fraction of sp³-hybridized carbons (Fsp3) is 0.828. The molecule has 0 N–H and O–H groups in total. The summed E-state index contributed by atoms with van der Waals surface area (Å²) in [6.45, 7) is 4.98. The van der Waals surface area contributed by atoms with E-state index in [-0.39, 0.29) is 31.3 Å². The van der Waals surface area contributed by atoms with E-state index in [1.54, 1.807) is 4.90 Å². The van der Waals surface area contributed by atoms with Crippen molar-refractivity contribution in [1.29, 1.82) is 0 Å². The highest BCUT2D eigenvalue weighted by atomic mass is 16.5. The first-order chi connectivity index (χ1) is 16.7. The molecule has 0 fully saturated rings. The van der Waals surface area contributed by atoms with Gasteiger partial charge in [-0.05, 0) is 19.3 Å². The van der Waals surface area contributed by atoms with E-state index in [9.17, 15) is 14.4 Å². The Bertz CT molecular complexity index is 518. The molecule has 0 heterocycles. The van der Waals surface area contributed by atoms with E-state index >= 15 is 0 Å². The minimum Gasteiger partial charge on any atom is -0.464 e. The maximum atomic E-state index is 12.7. The Hall–Kier alpha value is -1.65. The Labute approximate surface area is 210 Å². The van der Waals surface area contributed by atoms with E-state index in [2.05, 4.69) is 19.9 Å². The molecule has 34 heavy (non-hydrogen) atoms. The first kappa shape index (κ1) is 32.4. The summed E-state index contributed by atoms with van der Waals surface area (Å²) < 4.78 is 5.18. The van der Waals surface area contributed by atoms with Gasteiger partial charge in [-0.3, -0.25) is 9.59 Å². The lowest BCUT2D eigenvalue weighted by Crippen LogP contribution is -2.29. The van der Waals surface area contributed by atoms with Gasteiger partial charge in [0.05, 0.1) is 13.0 Å². The van der Waals surface area contributed by atoms with Crippen LogP contribution in [0.5, 0.6) is 0 Å². The third-order valence-corrected chi connectivity index (χ3v) is 6.14. The number of esters is 1. The highest BCUT2D eigenvalue weighted by Crippen LogP contribution is 2.12. The van der Waals surface area contributed by atoms with Crippen molar-refractivity contribution in [2.75, 3.05) is 13.2 Å². The third-order valence-electron chi connectivity index (χ3n) is 6.14. The first-order valence-electron chi connectivity index (χ1n) is 14.2. The smallest absolute Gasteiger partial charge is 0.306 e. The number of hydrogen-bond donors (Lipinski definition) is 0. The van der Waals surface area contributed by atoms with Crippen LogP contribution in [0.3, 0.4) is 0 Å². The largest absolute Gasteiger partial charge is 0.464 e. The van der Waals surface area contributed by atoms with Crippen LogP contribution >= 0.6 is 0 Å². The summed E-state index contributed by atoms with van der Waals surface area (Å²) >= 11 is 0. The molecule has 0 rings (SSSR count). The van der Waals surface area contributed by atoms with Crippen LogP contribution in [0.25, 0.3) is 0 Å². The van der Waals surface area contributed by atoms with Gasteiger partial charge >= 0.3 is 5.97 Å². The van der Waals surface area contributed by atoms with Gasteiger partial charge in [0, 0.05) is 19.0 Å². The second-order valence-electron chi connectivity index (χ2n) is 9.39. The fourth-order valence-corrected chi connectivity index (χ4v) is 3.94. The predicted molar refractivity (Wildman–Crippen MR) is 142 cm³/mol. The number of allylic oxidation sites excluding steroid dienone is 1. The molecule has 0 radical (unpaired) electrons. The number of nitrogens with zero attached hydrogens (tertiary/aromatic N) is 1. The molecule has 0 atom stereocenters. The molecule has 0 aliphatic carbocycles. The summed E-state index contributed by atoms with van der Waals surface area (Å²) in [7, 11) is 0. The van der Waals surface area contributed by atoms with E-state index in [1.165, 1.54) is 83.5 Å². The molecule has 0 aromatic carbocycles. The van der Waals surface area contributed by atoms with Gasteiger partial charge in [0.1, 0.15) is 12.9 Å².